The SMILES string of the molecule is Cc1nnnc(C)c1-c1ncccc1-c1ccccc1. The predicted octanol–water partition coefficient (Wildman–Crippen LogP) is 3.22. The smallest absolute Gasteiger partial charge is 0.0818 e. The number of benzene rings is 1. The van der Waals surface area contributed by atoms with Crippen molar-refractivity contribution in [3.05, 3.63) is 60.0 Å². The highest BCUT2D eigenvalue weighted by Crippen LogP contribution is 2.32. The molecule has 0 spiro atoms. The van der Waals surface area contributed by atoms with Crippen LogP contribution in [0.1, 0.15) is 11.4 Å². The van der Waals surface area contributed by atoms with Gasteiger partial charge in [-0.1, -0.05) is 36.4 Å². The summed E-state index contributed by atoms with van der Waals surface area (Å²) in [5.74, 6) is 0. The fraction of sp³-hybridized carbons (Fsp3) is 0.125. The van der Waals surface area contributed by atoms with Gasteiger partial charge in [-0.15, -0.1) is 10.2 Å². The molecule has 2 aromatic heterocycles. The molecule has 0 N–H and O–H groups in total. The van der Waals surface area contributed by atoms with Crippen LogP contribution in [-0.4, -0.2) is 20.4 Å². The van der Waals surface area contributed by atoms with E-state index in [1.54, 1.807) is 6.20 Å². The molecule has 3 aromatic rings. The molecular weight excluding hydrogens is 248 g/mol. The zero-order chi connectivity index (χ0) is 13.9. The summed E-state index contributed by atoms with van der Waals surface area (Å²) in [6.45, 7) is 3.86. The lowest BCUT2D eigenvalue weighted by molar-refractivity contribution is 0.818. The maximum absolute atomic E-state index is 4.54. The monoisotopic (exact) mass is 262 g/mol. The predicted molar refractivity (Wildman–Crippen MR) is 78.0 cm³/mol. The van der Waals surface area contributed by atoms with Crippen LogP contribution in [0.2, 0.25) is 0 Å². The van der Waals surface area contributed by atoms with E-state index in [1.165, 1.54) is 0 Å². The normalized spacial score (nSPS) is 10.5. The van der Waals surface area contributed by atoms with Crippen molar-refractivity contribution >= 4 is 0 Å². The van der Waals surface area contributed by atoms with Gasteiger partial charge < -0.3 is 0 Å². The van der Waals surface area contributed by atoms with Gasteiger partial charge in [0.1, 0.15) is 0 Å². The van der Waals surface area contributed by atoms with Gasteiger partial charge in [0.05, 0.1) is 17.1 Å². The summed E-state index contributed by atoms with van der Waals surface area (Å²) in [5.41, 5.74) is 5.75. The molecule has 2 heterocycles. The Morgan fingerprint density at radius 1 is 0.800 bits per heavy atom. The van der Waals surface area contributed by atoms with E-state index in [0.29, 0.717) is 0 Å². The quantitative estimate of drug-likeness (QED) is 0.711. The maximum atomic E-state index is 4.54. The van der Waals surface area contributed by atoms with Crippen LogP contribution >= 0.6 is 0 Å². The molecule has 0 aliphatic heterocycles. The van der Waals surface area contributed by atoms with Crippen LogP contribution in [0, 0.1) is 13.8 Å². The van der Waals surface area contributed by atoms with Crippen LogP contribution in [0.15, 0.2) is 48.7 Å². The Kier molecular flexibility index (Phi) is 3.21. The van der Waals surface area contributed by atoms with E-state index >= 15 is 0 Å². The van der Waals surface area contributed by atoms with E-state index in [9.17, 15) is 0 Å². The van der Waals surface area contributed by atoms with Crippen LogP contribution in [0.3, 0.4) is 0 Å². The Balaban J connectivity index is 2.26. The van der Waals surface area contributed by atoms with E-state index in [4.69, 9.17) is 0 Å². The second kappa shape index (κ2) is 5.17. The summed E-state index contributed by atoms with van der Waals surface area (Å²) < 4.78 is 0. The topological polar surface area (TPSA) is 51.6 Å². The molecule has 20 heavy (non-hydrogen) atoms. The molecule has 4 nitrogen and oxygen atoms in total. The van der Waals surface area contributed by atoms with Crippen LogP contribution < -0.4 is 0 Å². The van der Waals surface area contributed by atoms with Gasteiger partial charge in [0, 0.05) is 17.3 Å². The summed E-state index contributed by atoms with van der Waals surface area (Å²) in [4.78, 5) is 4.54. The number of rotatable bonds is 2. The molecule has 0 fully saturated rings. The number of aryl methyl sites for hydroxylation is 2. The van der Waals surface area contributed by atoms with Gasteiger partial charge in [-0.3, -0.25) is 4.98 Å². The number of aromatic nitrogens is 4. The van der Waals surface area contributed by atoms with Gasteiger partial charge in [-0.25, -0.2) is 0 Å². The average molecular weight is 262 g/mol. The van der Waals surface area contributed by atoms with Gasteiger partial charge in [-0.2, -0.15) is 0 Å². The summed E-state index contributed by atoms with van der Waals surface area (Å²) >= 11 is 0. The van der Waals surface area contributed by atoms with E-state index < -0.39 is 0 Å². The van der Waals surface area contributed by atoms with Crippen molar-refractivity contribution in [3.8, 4) is 22.4 Å². The minimum Gasteiger partial charge on any atom is -0.255 e. The molecule has 4 heteroatoms. The van der Waals surface area contributed by atoms with Gasteiger partial charge >= 0.3 is 0 Å². The molecule has 0 saturated carbocycles. The molecule has 0 bridgehead atoms. The van der Waals surface area contributed by atoms with Gasteiger partial charge in [0.2, 0.25) is 0 Å². The van der Waals surface area contributed by atoms with E-state index in [1.807, 2.05) is 38.1 Å². The van der Waals surface area contributed by atoms with Crippen molar-refractivity contribution < 1.29 is 0 Å². The number of hydrogen-bond acceptors (Lipinski definition) is 4. The highest BCUT2D eigenvalue weighted by molar-refractivity contribution is 5.82. The Morgan fingerprint density at radius 2 is 1.50 bits per heavy atom. The minimum absolute atomic E-state index is 0.841. The van der Waals surface area contributed by atoms with Crippen molar-refractivity contribution in [1.29, 1.82) is 0 Å². The molecule has 3 rings (SSSR count). The van der Waals surface area contributed by atoms with Gasteiger partial charge in [0.15, 0.2) is 0 Å². The second-order valence-corrected chi connectivity index (χ2v) is 4.60. The fourth-order valence-corrected chi connectivity index (χ4v) is 2.32. The first kappa shape index (κ1) is 12.4. The third-order valence-corrected chi connectivity index (χ3v) is 3.24. The largest absolute Gasteiger partial charge is 0.255 e. The lowest BCUT2D eigenvalue weighted by Crippen LogP contribution is -2.01. The Morgan fingerprint density at radius 3 is 2.20 bits per heavy atom. The number of nitrogens with zero attached hydrogens (tertiary/aromatic N) is 4. The lowest BCUT2D eigenvalue weighted by atomic mass is 9.98. The van der Waals surface area contributed by atoms with Crippen molar-refractivity contribution in [2.75, 3.05) is 0 Å². The molecule has 0 radical (unpaired) electrons. The highest BCUT2D eigenvalue weighted by atomic mass is 15.3. The highest BCUT2D eigenvalue weighted by Gasteiger charge is 2.14. The summed E-state index contributed by atoms with van der Waals surface area (Å²) in [5, 5.41) is 11.8. The molecule has 0 aliphatic carbocycles. The van der Waals surface area contributed by atoms with Crippen LogP contribution in [0.5, 0.6) is 0 Å². The van der Waals surface area contributed by atoms with E-state index in [0.717, 1.165) is 33.8 Å². The van der Waals surface area contributed by atoms with E-state index in [-0.39, 0.29) is 0 Å². The Hall–Kier alpha value is -2.62. The molecule has 0 saturated heterocycles. The summed E-state index contributed by atoms with van der Waals surface area (Å²) in [7, 11) is 0. The summed E-state index contributed by atoms with van der Waals surface area (Å²) in [6, 6.07) is 14.2. The second-order valence-electron chi connectivity index (χ2n) is 4.60. The Bertz CT molecular complexity index is 718. The maximum Gasteiger partial charge on any atom is 0.0818 e. The molecule has 1 aromatic carbocycles. The molecule has 0 atom stereocenters. The molecule has 0 unspecified atom stereocenters. The molecular formula is C16H14N4. The average Bonchev–Trinajstić information content (AvgIpc) is 2.48. The van der Waals surface area contributed by atoms with Crippen LogP contribution in [0.25, 0.3) is 22.4 Å². The first-order valence-corrected chi connectivity index (χ1v) is 6.45. The minimum atomic E-state index is 0.841. The standard InChI is InChI=1S/C16H14N4/c1-11-15(12(2)19-20-18-11)16-14(9-6-10-17-16)13-7-4-3-5-8-13/h3-10H,1-2H3. The van der Waals surface area contributed by atoms with Crippen molar-refractivity contribution in [2.45, 2.75) is 13.8 Å². The number of hydrogen-bond donors (Lipinski definition) is 0. The van der Waals surface area contributed by atoms with Crippen LogP contribution in [-0.2, 0) is 0 Å². The third kappa shape index (κ3) is 2.16. The zero-order valence-corrected chi connectivity index (χ0v) is 11.4. The zero-order valence-electron chi connectivity index (χ0n) is 11.4. The molecule has 0 aliphatic rings. The van der Waals surface area contributed by atoms with Gasteiger partial charge in [0.25, 0.3) is 0 Å². The van der Waals surface area contributed by atoms with Crippen LogP contribution in [0.4, 0.5) is 0 Å². The fourth-order valence-electron chi connectivity index (χ4n) is 2.32. The number of pyridine rings is 1. The van der Waals surface area contributed by atoms with Crippen molar-refractivity contribution in [2.24, 2.45) is 0 Å². The van der Waals surface area contributed by atoms with E-state index in [2.05, 4.69) is 38.6 Å². The molecule has 0 amide bonds. The Labute approximate surface area is 117 Å². The third-order valence-electron chi connectivity index (χ3n) is 3.24. The first-order chi connectivity index (χ1) is 9.77. The summed E-state index contributed by atoms with van der Waals surface area (Å²) in [6.07, 6.45) is 1.79. The van der Waals surface area contributed by atoms with Crippen molar-refractivity contribution in [1.82, 2.24) is 20.4 Å². The van der Waals surface area contributed by atoms with Gasteiger partial charge in [-0.05, 0) is 30.7 Å². The van der Waals surface area contributed by atoms with Crippen molar-refractivity contribution in [3.63, 3.8) is 0 Å². The molecule has 98 valence electrons. The first-order valence-electron chi connectivity index (χ1n) is 6.45. The lowest BCUT2D eigenvalue weighted by Gasteiger charge is -2.11.